The summed E-state index contributed by atoms with van der Waals surface area (Å²) in [4.78, 5) is 12.8. The summed E-state index contributed by atoms with van der Waals surface area (Å²) < 4.78 is 1.74. The molecule has 0 saturated carbocycles. The van der Waals surface area contributed by atoms with E-state index in [4.69, 9.17) is 0 Å². The van der Waals surface area contributed by atoms with Crippen LogP contribution in [0.4, 0.5) is 5.69 Å². The number of amides is 1. The molecule has 3 rings (SSSR count). The molecule has 2 heterocycles. The summed E-state index contributed by atoms with van der Waals surface area (Å²) >= 11 is 0. The Bertz CT molecular complexity index is 618. The average Bonchev–Trinajstić information content (AvgIpc) is 3.02. The Morgan fingerprint density at radius 2 is 2.14 bits per heavy atom. The van der Waals surface area contributed by atoms with Gasteiger partial charge in [-0.15, -0.1) is 0 Å². The van der Waals surface area contributed by atoms with E-state index < -0.39 is 5.54 Å². The molecule has 0 aliphatic carbocycles. The summed E-state index contributed by atoms with van der Waals surface area (Å²) in [6.07, 6.45) is 4.87. The number of phenolic OH excluding ortho intramolecular Hbond substituents is 1. The second kappa shape index (κ2) is 5.57. The molecule has 1 aliphatic rings. The standard InChI is InChI=1S/C15H18N4O2/c20-13-4-1-3-12(11-13)18-14(21)15(5-8-16-9-6-15)19-10-2-7-17-19/h1-4,7,10-11,16,20H,5-6,8-9H2,(H,18,21). The highest BCUT2D eigenvalue weighted by atomic mass is 16.3. The van der Waals surface area contributed by atoms with Gasteiger partial charge in [-0.25, -0.2) is 0 Å². The molecular formula is C15H18N4O2. The molecule has 1 aliphatic heterocycles. The van der Waals surface area contributed by atoms with E-state index in [0.29, 0.717) is 18.5 Å². The van der Waals surface area contributed by atoms with E-state index in [-0.39, 0.29) is 11.7 Å². The fourth-order valence-corrected chi connectivity index (χ4v) is 2.75. The molecule has 0 spiro atoms. The summed E-state index contributed by atoms with van der Waals surface area (Å²) in [5.41, 5.74) is -0.0923. The van der Waals surface area contributed by atoms with Crippen LogP contribution in [0.2, 0.25) is 0 Å². The number of phenols is 1. The van der Waals surface area contributed by atoms with E-state index in [1.165, 1.54) is 6.07 Å². The van der Waals surface area contributed by atoms with E-state index in [1.807, 2.05) is 12.3 Å². The van der Waals surface area contributed by atoms with Crippen molar-refractivity contribution in [3.8, 4) is 5.75 Å². The van der Waals surface area contributed by atoms with Crippen molar-refractivity contribution in [1.82, 2.24) is 15.1 Å². The van der Waals surface area contributed by atoms with Gasteiger partial charge in [0.2, 0.25) is 0 Å². The van der Waals surface area contributed by atoms with Crippen molar-refractivity contribution < 1.29 is 9.90 Å². The molecule has 2 aromatic rings. The molecule has 21 heavy (non-hydrogen) atoms. The first-order valence-electron chi connectivity index (χ1n) is 7.02. The minimum Gasteiger partial charge on any atom is -0.508 e. The molecule has 1 amide bonds. The van der Waals surface area contributed by atoms with E-state index in [0.717, 1.165) is 13.1 Å². The lowest BCUT2D eigenvalue weighted by atomic mass is 9.87. The number of hydrogen-bond donors (Lipinski definition) is 3. The number of hydrogen-bond acceptors (Lipinski definition) is 4. The zero-order valence-electron chi connectivity index (χ0n) is 11.6. The summed E-state index contributed by atoms with van der Waals surface area (Å²) in [6, 6.07) is 8.40. The molecule has 1 aromatic heterocycles. The fraction of sp³-hybridized carbons (Fsp3) is 0.333. The second-order valence-corrected chi connectivity index (χ2v) is 5.24. The molecule has 0 atom stereocenters. The second-order valence-electron chi connectivity index (χ2n) is 5.24. The van der Waals surface area contributed by atoms with Crippen molar-refractivity contribution in [2.75, 3.05) is 18.4 Å². The highest BCUT2D eigenvalue weighted by Crippen LogP contribution is 2.29. The number of carbonyl (C=O) groups excluding carboxylic acids is 1. The van der Waals surface area contributed by atoms with Crippen molar-refractivity contribution in [2.24, 2.45) is 0 Å². The number of aromatic nitrogens is 2. The molecule has 1 aromatic carbocycles. The van der Waals surface area contributed by atoms with E-state index in [2.05, 4.69) is 15.7 Å². The van der Waals surface area contributed by atoms with Crippen molar-refractivity contribution in [3.63, 3.8) is 0 Å². The molecule has 6 nitrogen and oxygen atoms in total. The minimum atomic E-state index is -0.680. The van der Waals surface area contributed by atoms with E-state index >= 15 is 0 Å². The van der Waals surface area contributed by atoms with Gasteiger partial charge in [0.25, 0.3) is 5.91 Å². The van der Waals surface area contributed by atoms with Gasteiger partial charge in [0, 0.05) is 24.1 Å². The predicted molar refractivity (Wildman–Crippen MR) is 79.0 cm³/mol. The number of anilines is 1. The van der Waals surface area contributed by atoms with Crippen LogP contribution >= 0.6 is 0 Å². The topological polar surface area (TPSA) is 79.2 Å². The Morgan fingerprint density at radius 1 is 1.33 bits per heavy atom. The predicted octanol–water partition coefficient (Wildman–Crippen LogP) is 1.31. The van der Waals surface area contributed by atoms with E-state index in [1.54, 1.807) is 29.1 Å². The zero-order valence-corrected chi connectivity index (χ0v) is 11.6. The lowest BCUT2D eigenvalue weighted by Crippen LogP contribution is -2.52. The van der Waals surface area contributed by atoms with Gasteiger partial charge in [0.15, 0.2) is 0 Å². The largest absolute Gasteiger partial charge is 0.508 e. The van der Waals surface area contributed by atoms with Gasteiger partial charge >= 0.3 is 0 Å². The third-order valence-corrected chi connectivity index (χ3v) is 3.90. The first-order chi connectivity index (χ1) is 10.2. The molecule has 1 fully saturated rings. The van der Waals surface area contributed by atoms with Crippen molar-refractivity contribution in [3.05, 3.63) is 42.7 Å². The molecule has 0 bridgehead atoms. The molecule has 0 radical (unpaired) electrons. The lowest BCUT2D eigenvalue weighted by Gasteiger charge is -2.36. The van der Waals surface area contributed by atoms with Crippen LogP contribution in [-0.2, 0) is 10.3 Å². The van der Waals surface area contributed by atoms with Crippen molar-refractivity contribution >= 4 is 11.6 Å². The van der Waals surface area contributed by atoms with Crippen LogP contribution in [0.25, 0.3) is 0 Å². The van der Waals surface area contributed by atoms with Gasteiger partial charge in [-0.3, -0.25) is 9.48 Å². The average molecular weight is 286 g/mol. The third kappa shape index (κ3) is 2.62. The third-order valence-electron chi connectivity index (χ3n) is 3.90. The van der Waals surface area contributed by atoms with Gasteiger partial charge < -0.3 is 15.7 Å². The normalized spacial score (nSPS) is 17.3. The Balaban J connectivity index is 1.88. The number of carbonyl (C=O) groups is 1. The van der Waals surface area contributed by atoms with Crippen molar-refractivity contribution in [2.45, 2.75) is 18.4 Å². The molecule has 3 N–H and O–H groups in total. The number of rotatable bonds is 3. The Kier molecular flexibility index (Phi) is 3.62. The zero-order chi connectivity index (χ0) is 14.7. The maximum absolute atomic E-state index is 12.8. The Morgan fingerprint density at radius 3 is 2.81 bits per heavy atom. The molecule has 1 saturated heterocycles. The highest BCUT2D eigenvalue weighted by Gasteiger charge is 2.42. The van der Waals surface area contributed by atoms with Crippen LogP contribution in [-0.4, -0.2) is 33.9 Å². The van der Waals surface area contributed by atoms with Crippen LogP contribution in [0.15, 0.2) is 42.7 Å². The Hall–Kier alpha value is -2.34. The van der Waals surface area contributed by atoms with Gasteiger partial charge in [0.05, 0.1) is 0 Å². The molecule has 6 heteroatoms. The van der Waals surface area contributed by atoms with Gasteiger partial charge in [0.1, 0.15) is 11.3 Å². The van der Waals surface area contributed by atoms with Crippen LogP contribution in [0, 0.1) is 0 Å². The number of benzene rings is 1. The van der Waals surface area contributed by atoms with Gasteiger partial charge in [-0.2, -0.15) is 5.10 Å². The lowest BCUT2D eigenvalue weighted by molar-refractivity contribution is -0.126. The number of nitrogens with zero attached hydrogens (tertiary/aromatic N) is 2. The molecular weight excluding hydrogens is 268 g/mol. The van der Waals surface area contributed by atoms with Crippen LogP contribution in [0.1, 0.15) is 12.8 Å². The monoisotopic (exact) mass is 286 g/mol. The van der Waals surface area contributed by atoms with E-state index in [9.17, 15) is 9.90 Å². The first-order valence-corrected chi connectivity index (χ1v) is 7.02. The Labute approximate surface area is 122 Å². The van der Waals surface area contributed by atoms with Gasteiger partial charge in [-0.1, -0.05) is 6.07 Å². The molecule has 110 valence electrons. The summed E-state index contributed by atoms with van der Waals surface area (Å²) in [5, 5.41) is 19.9. The maximum Gasteiger partial charge on any atom is 0.252 e. The maximum atomic E-state index is 12.8. The minimum absolute atomic E-state index is 0.0988. The molecule has 0 unspecified atom stereocenters. The van der Waals surface area contributed by atoms with Crippen LogP contribution < -0.4 is 10.6 Å². The van der Waals surface area contributed by atoms with Crippen LogP contribution in [0.5, 0.6) is 5.75 Å². The number of nitrogens with one attached hydrogen (secondary N) is 2. The van der Waals surface area contributed by atoms with Gasteiger partial charge in [-0.05, 0) is 44.1 Å². The van der Waals surface area contributed by atoms with Crippen molar-refractivity contribution in [1.29, 1.82) is 0 Å². The number of aromatic hydroxyl groups is 1. The van der Waals surface area contributed by atoms with Crippen LogP contribution in [0.3, 0.4) is 0 Å². The first kappa shape index (κ1) is 13.6. The SMILES string of the molecule is O=C(Nc1cccc(O)c1)C1(n2cccn2)CCNCC1. The summed E-state index contributed by atoms with van der Waals surface area (Å²) in [6.45, 7) is 1.54. The summed E-state index contributed by atoms with van der Waals surface area (Å²) in [7, 11) is 0. The fourth-order valence-electron chi connectivity index (χ4n) is 2.75. The quantitative estimate of drug-likeness (QED) is 0.795. The smallest absolute Gasteiger partial charge is 0.252 e. The number of piperidine rings is 1. The summed E-state index contributed by atoms with van der Waals surface area (Å²) in [5.74, 6) is 0.0320. The highest BCUT2D eigenvalue weighted by molar-refractivity contribution is 5.96.